The number of anilines is 3. The smallest absolute Gasteiger partial charge is 0.271 e. The molecule has 0 bridgehead atoms. The van der Waals surface area contributed by atoms with E-state index < -0.39 is 0 Å². The Hall–Kier alpha value is -3.22. The molecule has 0 radical (unpaired) electrons. The normalized spacial score (nSPS) is 16.8. The molecule has 4 N–H and O–H groups in total. The SMILES string of the molecule is CC(C)Nc1cccnc1N(C)C1CCCCN1C(=O)c1cc2cc(N)ccc2[nH]1. The number of aromatic nitrogens is 2. The number of hydrogen-bond donors (Lipinski definition) is 3. The number of aromatic amines is 1. The summed E-state index contributed by atoms with van der Waals surface area (Å²) in [5.74, 6) is 0.871. The molecule has 1 saturated heterocycles. The van der Waals surface area contributed by atoms with Crippen LogP contribution in [-0.4, -0.2) is 46.6 Å². The summed E-state index contributed by atoms with van der Waals surface area (Å²) in [4.78, 5) is 25.4. The summed E-state index contributed by atoms with van der Waals surface area (Å²) in [5.41, 5.74) is 9.08. The van der Waals surface area contributed by atoms with E-state index in [0.717, 1.165) is 48.2 Å². The van der Waals surface area contributed by atoms with Gasteiger partial charge in [0.2, 0.25) is 0 Å². The van der Waals surface area contributed by atoms with Gasteiger partial charge in [0.1, 0.15) is 11.9 Å². The van der Waals surface area contributed by atoms with Crippen molar-refractivity contribution in [2.45, 2.75) is 45.3 Å². The number of benzene rings is 1. The highest BCUT2D eigenvalue weighted by molar-refractivity contribution is 5.99. The van der Waals surface area contributed by atoms with Gasteiger partial charge in [0.25, 0.3) is 5.91 Å². The van der Waals surface area contributed by atoms with E-state index in [1.165, 1.54) is 0 Å². The number of pyridine rings is 1. The molecule has 1 fully saturated rings. The van der Waals surface area contributed by atoms with Crippen LogP contribution in [0.25, 0.3) is 10.9 Å². The average Bonchev–Trinajstić information content (AvgIpc) is 3.16. The molecule has 1 unspecified atom stereocenters. The predicted molar refractivity (Wildman–Crippen MR) is 123 cm³/mol. The van der Waals surface area contributed by atoms with Gasteiger partial charge in [-0.1, -0.05) is 0 Å². The Kier molecular flexibility index (Phi) is 5.53. The van der Waals surface area contributed by atoms with Gasteiger partial charge in [-0.25, -0.2) is 4.98 Å². The number of amides is 1. The van der Waals surface area contributed by atoms with Crippen molar-refractivity contribution >= 4 is 34.0 Å². The van der Waals surface area contributed by atoms with E-state index in [1.807, 2.05) is 48.3 Å². The zero-order chi connectivity index (χ0) is 21.3. The molecule has 2 aromatic heterocycles. The van der Waals surface area contributed by atoms with Gasteiger partial charge in [-0.05, 0) is 69.5 Å². The first-order valence-corrected chi connectivity index (χ1v) is 10.6. The highest BCUT2D eigenvalue weighted by atomic mass is 16.2. The summed E-state index contributed by atoms with van der Waals surface area (Å²) >= 11 is 0. The lowest BCUT2D eigenvalue weighted by atomic mass is 10.1. The lowest BCUT2D eigenvalue weighted by Crippen LogP contribution is -2.52. The molecule has 0 spiro atoms. The number of H-pyrrole nitrogens is 1. The lowest BCUT2D eigenvalue weighted by molar-refractivity contribution is 0.0608. The van der Waals surface area contributed by atoms with Crippen LogP contribution in [0.2, 0.25) is 0 Å². The van der Waals surface area contributed by atoms with E-state index in [9.17, 15) is 4.79 Å². The Bertz CT molecular complexity index is 1040. The van der Waals surface area contributed by atoms with Crippen molar-refractivity contribution in [2.24, 2.45) is 0 Å². The number of nitrogens with two attached hydrogens (primary N) is 1. The number of nitrogens with one attached hydrogen (secondary N) is 2. The fourth-order valence-corrected chi connectivity index (χ4v) is 4.22. The molecular formula is C23H30N6O. The zero-order valence-electron chi connectivity index (χ0n) is 17.9. The third-order valence-corrected chi connectivity index (χ3v) is 5.62. The van der Waals surface area contributed by atoms with Gasteiger partial charge < -0.3 is 25.8 Å². The molecule has 4 rings (SSSR count). The van der Waals surface area contributed by atoms with E-state index >= 15 is 0 Å². The number of hydrogen-bond acceptors (Lipinski definition) is 5. The molecule has 7 nitrogen and oxygen atoms in total. The van der Waals surface area contributed by atoms with E-state index in [-0.39, 0.29) is 12.1 Å². The summed E-state index contributed by atoms with van der Waals surface area (Å²) in [5, 5.41) is 4.42. The number of fused-ring (bicyclic) bond motifs is 1. The van der Waals surface area contributed by atoms with Gasteiger partial charge in [0.05, 0.1) is 5.69 Å². The van der Waals surface area contributed by atoms with Crippen molar-refractivity contribution in [1.29, 1.82) is 0 Å². The second kappa shape index (κ2) is 8.26. The van der Waals surface area contributed by atoms with Gasteiger partial charge in [-0.15, -0.1) is 0 Å². The molecule has 1 atom stereocenters. The van der Waals surface area contributed by atoms with Gasteiger partial charge in [-0.3, -0.25) is 4.79 Å². The van der Waals surface area contributed by atoms with Crippen LogP contribution < -0.4 is 16.0 Å². The first kappa shape index (κ1) is 20.1. The minimum Gasteiger partial charge on any atom is -0.399 e. The molecule has 3 aromatic rings. The number of nitrogens with zero attached hydrogens (tertiary/aromatic N) is 3. The number of piperidine rings is 1. The molecule has 158 valence electrons. The van der Waals surface area contributed by atoms with E-state index in [0.29, 0.717) is 17.4 Å². The highest BCUT2D eigenvalue weighted by Crippen LogP contribution is 2.30. The Balaban J connectivity index is 1.63. The second-order valence-corrected chi connectivity index (χ2v) is 8.29. The van der Waals surface area contributed by atoms with Crippen molar-refractivity contribution in [3.63, 3.8) is 0 Å². The van der Waals surface area contributed by atoms with E-state index in [1.54, 1.807) is 6.20 Å². The molecule has 0 aliphatic carbocycles. The Morgan fingerprint density at radius 3 is 2.93 bits per heavy atom. The molecule has 1 aliphatic heterocycles. The quantitative estimate of drug-likeness (QED) is 0.556. The Labute approximate surface area is 177 Å². The first-order valence-electron chi connectivity index (χ1n) is 10.6. The Morgan fingerprint density at radius 2 is 2.13 bits per heavy atom. The first-order chi connectivity index (χ1) is 14.4. The predicted octanol–water partition coefficient (Wildman–Crippen LogP) is 4.05. The summed E-state index contributed by atoms with van der Waals surface area (Å²) in [7, 11) is 2.02. The number of carbonyl (C=O) groups is 1. The van der Waals surface area contributed by atoms with Crippen LogP contribution in [0.3, 0.4) is 0 Å². The van der Waals surface area contributed by atoms with Crippen LogP contribution in [0.1, 0.15) is 43.6 Å². The Morgan fingerprint density at radius 1 is 1.30 bits per heavy atom. The van der Waals surface area contributed by atoms with E-state index in [4.69, 9.17) is 5.73 Å². The molecule has 30 heavy (non-hydrogen) atoms. The second-order valence-electron chi connectivity index (χ2n) is 8.29. The van der Waals surface area contributed by atoms with Crippen LogP contribution in [0, 0.1) is 0 Å². The number of likely N-dealkylation sites (tertiary alicyclic amines) is 1. The standard InChI is InChI=1S/C23H30N6O/c1-15(2)26-19-7-6-11-25-22(19)28(3)21-8-4-5-12-29(21)23(30)20-14-16-13-17(24)9-10-18(16)27-20/h6-7,9-11,13-15,21,26-27H,4-5,8,12,24H2,1-3H3. The lowest BCUT2D eigenvalue weighted by Gasteiger charge is -2.41. The maximum absolute atomic E-state index is 13.5. The van der Waals surface area contributed by atoms with Crippen molar-refractivity contribution in [3.8, 4) is 0 Å². The monoisotopic (exact) mass is 406 g/mol. The van der Waals surface area contributed by atoms with Gasteiger partial charge in [0.15, 0.2) is 5.82 Å². The third-order valence-electron chi connectivity index (χ3n) is 5.62. The van der Waals surface area contributed by atoms with Crippen molar-refractivity contribution < 1.29 is 4.79 Å². The van der Waals surface area contributed by atoms with Crippen LogP contribution in [-0.2, 0) is 0 Å². The number of rotatable bonds is 5. The summed E-state index contributed by atoms with van der Waals surface area (Å²) in [6.45, 7) is 4.94. The van der Waals surface area contributed by atoms with Gasteiger partial charge >= 0.3 is 0 Å². The fraction of sp³-hybridized carbons (Fsp3) is 0.391. The number of nitrogen functional groups attached to an aromatic ring is 1. The van der Waals surface area contributed by atoms with Crippen LogP contribution >= 0.6 is 0 Å². The maximum Gasteiger partial charge on any atom is 0.271 e. The summed E-state index contributed by atoms with van der Waals surface area (Å²) in [6, 6.07) is 11.8. The summed E-state index contributed by atoms with van der Waals surface area (Å²) < 4.78 is 0. The molecule has 0 saturated carbocycles. The highest BCUT2D eigenvalue weighted by Gasteiger charge is 2.32. The van der Waals surface area contributed by atoms with Crippen molar-refractivity contribution in [3.05, 3.63) is 48.3 Å². The minimum atomic E-state index is -0.0506. The fourth-order valence-electron chi connectivity index (χ4n) is 4.22. The van der Waals surface area contributed by atoms with Gasteiger partial charge in [0, 0.05) is 42.4 Å². The topological polar surface area (TPSA) is 90.3 Å². The van der Waals surface area contributed by atoms with Gasteiger partial charge in [-0.2, -0.15) is 0 Å². The zero-order valence-corrected chi connectivity index (χ0v) is 17.9. The average molecular weight is 407 g/mol. The molecular weight excluding hydrogens is 376 g/mol. The van der Waals surface area contributed by atoms with Crippen LogP contribution in [0.5, 0.6) is 0 Å². The molecule has 7 heteroatoms. The minimum absolute atomic E-state index is 0.00983. The van der Waals surface area contributed by atoms with Crippen molar-refractivity contribution in [1.82, 2.24) is 14.9 Å². The van der Waals surface area contributed by atoms with E-state index in [2.05, 4.69) is 34.0 Å². The molecule has 1 aromatic carbocycles. The summed E-state index contributed by atoms with van der Waals surface area (Å²) in [6.07, 6.45) is 4.75. The van der Waals surface area contributed by atoms with Crippen LogP contribution in [0.4, 0.5) is 17.2 Å². The largest absolute Gasteiger partial charge is 0.399 e. The van der Waals surface area contributed by atoms with Crippen LogP contribution in [0.15, 0.2) is 42.6 Å². The molecule has 1 aliphatic rings. The molecule has 1 amide bonds. The third kappa shape index (κ3) is 3.92. The maximum atomic E-state index is 13.5. The molecule has 3 heterocycles. The number of carbonyl (C=O) groups excluding carboxylic acids is 1. The van der Waals surface area contributed by atoms with Crippen molar-refractivity contribution in [2.75, 3.05) is 29.5 Å².